The summed E-state index contributed by atoms with van der Waals surface area (Å²) in [5.41, 5.74) is 4.97. The molecule has 3 N–H and O–H groups in total. The number of carbonyl (C=O) groups is 1. The van der Waals surface area contributed by atoms with Crippen molar-refractivity contribution in [1.82, 2.24) is 4.90 Å². The minimum atomic E-state index is -4.42. The van der Waals surface area contributed by atoms with Crippen LogP contribution in [0.3, 0.4) is 0 Å². The van der Waals surface area contributed by atoms with Crippen molar-refractivity contribution in [2.45, 2.75) is 19.0 Å². The van der Waals surface area contributed by atoms with Crippen molar-refractivity contribution in [1.29, 1.82) is 0 Å². The summed E-state index contributed by atoms with van der Waals surface area (Å²) in [7, 11) is 0. The number of likely N-dealkylation sites (tertiary alicyclic amines) is 1. The number of nitrogens with two attached hydrogens (primary N) is 1. The molecule has 1 atom stereocenters. The van der Waals surface area contributed by atoms with Crippen LogP contribution in [0.4, 0.5) is 23.7 Å². The smallest absolute Gasteiger partial charge is 0.330 e. The van der Waals surface area contributed by atoms with Crippen LogP contribution in [-0.2, 0) is 6.18 Å². The SMILES string of the molecule is NCC1CCCN(C(=O)Nc2cccc(C(F)(F)F)c2)C1. The monoisotopic (exact) mass is 301 g/mol. The predicted molar refractivity (Wildman–Crippen MR) is 73.8 cm³/mol. The van der Waals surface area contributed by atoms with E-state index in [0.717, 1.165) is 25.0 Å². The molecule has 1 aromatic rings. The van der Waals surface area contributed by atoms with Crippen molar-refractivity contribution in [2.24, 2.45) is 11.7 Å². The summed E-state index contributed by atoms with van der Waals surface area (Å²) < 4.78 is 37.9. The Bertz CT molecular complexity index is 504. The van der Waals surface area contributed by atoms with E-state index in [2.05, 4.69) is 5.32 Å². The fourth-order valence-electron chi connectivity index (χ4n) is 2.42. The molecule has 1 aliphatic rings. The Morgan fingerprint density at radius 1 is 1.43 bits per heavy atom. The number of anilines is 1. The standard InChI is InChI=1S/C14H18F3N3O/c15-14(16,17)11-4-1-5-12(7-11)19-13(21)20-6-2-3-10(8-18)9-20/h1,4-5,7,10H,2-3,6,8-9,18H2,(H,19,21). The van der Waals surface area contributed by atoms with Gasteiger partial charge in [-0.3, -0.25) is 0 Å². The van der Waals surface area contributed by atoms with Crippen molar-refractivity contribution < 1.29 is 18.0 Å². The number of urea groups is 1. The highest BCUT2D eigenvalue weighted by Crippen LogP contribution is 2.30. The second-order valence-corrected chi connectivity index (χ2v) is 5.20. The number of rotatable bonds is 2. The van der Waals surface area contributed by atoms with Gasteiger partial charge in [0.05, 0.1) is 5.56 Å². The number of amides is 2. The average molecular weight is 301 g/mol. The number of benzene rings is 1. The first-order valence-corrected chi connectivity index (χ1v) is 6.83. The molecule has 1 saturated heterocycles. The van der Waals surface area contributed by atoms with Gasteiger partial charge in [-0.1, -0.05) is 6.07 Å². The number of hydrogen-bond acceptors (Lipinski definition) is 2. The number of carbonyl (C=O) groups excluding carboxylic acids is 1. The molecule has 4 nitrogen and oxygen atoms in total. The zero-order valence-corrected chi connectivity index (χ0v) is 11.5. The Kier molecular flexibility index (Phi) is 4.72. The molecule has 21 heavy (non-hydrogen) atoms. The van der Waals surface area contributed by atoms with Gasteiger partial charge >= 0.3 is 12.2 Å². The maximum absolute atomic E-state index is 12.6. The lowest BCUT2D eigenvalue weighted by atomic mass is 9.99. The van der Waals surface area contributed by atoms with E-state index in [1.807, 2.05) is 0 Å². The molecule has 0 bridgehead atoms. The van der Waals surface area contributed by atoms with Gasteiger partial charge in [0, 0.05) is 18.8 Å². The molecule has 0 aliphatic carbocycles. The number of alkyl halides is 3. The molecule has 116 valence electrons. The lowest BCUT2D eigenvalue weighted by molar-refractivity contribution is -0.137. The van der Waals surface area contributed by atoms with E-state index in [1.165, 1.54) is 12.1 Å². The normalized spacial score (nSPS) is 19.4. The third-order valence-electron chi connectivity index (χ3n) is 3.58. The van der Waals surface area contributed by atoms with Crippen molar-refractivity contribution in [3.05, 3.63) is 29.8 Å². The van der Waals surface area contributed by atoms with E-state index in [0.29, 0.717) is 19.6 Å². The summed E-state index contributed by atoms with van der Waals surface area (Å²) in [4.78, 5) is 13.7. The summed E-state index contributed by atoms with van der Waals surface area (Å²) in [6.45, 7) is 1.65. The molecule has 0 radical (unpaired) electrons. The van der Waals surface area contributed by atoms with Crippen molar-refractivity contribution in [3.8, 4) is 0 Å². The van der Waals surface area contributed by atoms with E-state index in [1.54, 1.807) is 4.90 Å². The van der Waals surface area contributed by atoms with Crippen LogP contribution in [0.25, 0.3) is 0 Å². The minimum absolute atomic E-state index is 0.143. The van der Waals surface area contributed by atoms with Gasteiger partial charge in [-0.2, -0.15) is 13.2 Å². The lowest BCUT2D eigenvalue weighted by Crippen LogP contribution is -2.44. The van der Waals surface area contributed by atoms with E-state index in [9.17, 15) is 18.0 Å². The van der Waals surface area contributed by atoms with Crippen molar-refractivity contribution >= 4 is 11.7 Å². The number of nitrogens with zero attached hydrogens (tertiary/aromatic N) is 1. The summed E-state index contributed by atoms with van der Waals surface area (Å²) in [6, 6.07) is 4.24. The third kappa shape index (κ3) is 4.10. The maximum atomic E-state index is 12.6. The van der Waals surface area contributed by atoms with E-state index < -0.39 is 11.7 Å². The second kappa shape index (κ2) is 6.34. The second-order valence-electron chi connectivity index (χ2n) is 5.20. The number of halogens is 3. The van der Waals surface area contributed by atoms with E-state index in [-0.39, 0.29) is 17.6 Å². The zero-order valence-electron chi connectivity index (χ0n) is 11.5. The average Bonchev–Trinajstić information content (AvgIpc) is 2.46. The molecular formula is C14H18F3N3O. The van der Waals surface area contributed by atoms with Gasteiger partial charge in [-0.05, 0) is 43.5 Å². The Morgan fingerprint density at radius 3 is 2.86 bits per heavy atom. The fraction of sp³-hybridized carbons (Fsp3) is 0.500. The molecule has 1 unspecified atom stereocenters. The Hall–Kier alpha value is -1.76. The fourth-order valence-corrected chi connectivity index (χ4v) is 2.42. The quantitative estimate of drug-likeness (QED) is 0.882. The van der Waals surface area contributed by atoms with Crippen LogP contribution in [0.5, 0.6) is 0 Å². The number of hydrogen-bond donors (Lipinski definition) is 2. The van der Waals surface area contributed by atoms with E-state index in [4.69, 9.17) is 5.73 Å². The number of nitrogens with one attached hydrogen (secondary N) is 1. The van der Waals surface area contributed by atoms with Crippen LogP contribution >= 0.6 is 0 Å². The van der Waals surface area contributed by atoms with Gasteiger partial charge < -0.3 is 16.0 Å². The molecule has 1 aromatic carbocycles. The van der Waals surface area contributed by atoms with Crippen LogP contribution in [0.15, 0.2) is 24.3 Å². The Labute approximate surface area is 121 Å². The van der Waals surface area contributed by atoms with Gasteiger partial charge in [-0.15, -0.1) is 0 Å². The summed E-state index contributed by atoms with van der Waals surface area (Å²) in [5, 5.41) is 2.51. The highest BCUT2D eigenvalue weighted by atomic mass is 19.4. The van der Waals surface area contributed by atoms with Gasteiger partial charge in [0.1, 0.15) is 0 Å². The summed E-state index contributed by atoms with van der Waals surface area (Å²) >= 11 is 0. The van der Waals surface area contributed by atoms with Gasteiger partial charge in [0.15, 0.2) is 0 Å². The molecular weight excluding hydrogens is 283 g/mol. The Balaban J connectivity index is 2.02. The summed E-state index contributed by atoms with van der Waals surface area (Å²) in [6.07, 6.45) is -2.59. The van der Waals surface area contributed by atoms with E-state index >= 15 is 0 Å². The first-order chi connectivity index (χ1) is 9.90. The first kappa shape index (κ1) is 15.6. The summed E-state index contributed by atoms with van der Waals surface area (Å²) in [5.74, 6) is 0.256. The minimum Gasteiger partial charge on any atom is -0.330 e. The van der Waals surface area contributed by atoms with Crippen LogP contribution in [0, 0.1) is 5.92 Å². The lowest BCUT2D eigenvalue weighted by Gasteiger charge is -2.32. The molecule has 2 rings (SSSR count). The van der Waals surface area contributed by atoms with Crippen molar-refractivity contribution in [3.63, 3.8) is 0 Å². The zero-order chi connectivity index (χ0) is 15.5. The number of piperidine rings is 1. The molecule has 0 aromatic heterocycles. The van der Waals surface area contributed by atoms with Crippen LogP contribution in [0.2, 0.25) is 0 Å². The largest absolute Gasteiger partial charge is 0.416 e. The Morgan fingerprint density at radius 2 is 2.19 bits per heavy atom. The molecule has 1 fully saturated rings. The maximum Gasteiger partial charge on any atom is 0.416 e. The van der Waals surface area contributed by atoms with Crippen LogP contribution < -0.4 is 11.1 Å². The molecule has 1 heterocycles. The van der Waals surface area contributed by atoms with Crippen LogP contribution in [0.1, 0.15) is 18.4 Å². The molecule has 7 heteroatoms. The van der Waals surface area contributed by atoms with Gasteiger partial charge in [-0.25, -0.2) is 4.79 Å². The first-order valence-electron chi connectivity index (χ1n) is 6.83. The molecule has 0 saturated carbocycles. The molecule has 2 amide bonds. The molecule has 0 spiro atoms. The third-order valence-corrected chi connectivity index (χ3v) is 3.58. The topological polar surface area (TPSA) is 58.4 Å². The molecule has 1 aliphatic heterocycles. The highest BCUT2D eigenvalue weighted by Gasteiger charge is 2.30. The highest BCUT2D eigenvalue weighted by molar-refractivity contribution is 5.89. The van der Waals surface area contributed by atoms with Gasteiger partial charge in [0.2, 0.25) is 0 Å². The van der Waals surface area contributed by atoms with Crippen LogP contribution in [-0.4, -0.2) is 30.6 Å². The van der Waals surface area contributed by atoms with Gasteiger partial charge in [0.25, 0.3) is 0 Å². The predicted octanol–water partition coefficient (Wildman–Crippen LogP) is 2.91. The van der Waals surface area contributed by atoms with Crippen molar-refractivity contribution in [2.75, 3.05) is 25.0 Å².